The number of aryl methyl sites for hydroxylation is 1. The number of rotatable bonds is 2. The summed E-state index contributed by atoms with van der Waals surface area (Å²) in [6.07, 6.45) is 7.26. The summed E-state index contributed by atoms with van der Waals surface area (Å²) in [5.74, 6) is 0.839. The Labute approximate surface area is 94.4 Å². The summed E-state index contributed by atoms with van der Waals surface area (Å²) in [6, 6.07) is 2.31. The molecule has 0 fully saturated rings. The Morgan fingerprint density at radius 1 is 1.47 bits per heavy atom. The van der Waals surface area contributed by atoms with E-state index in [9.17, 15) is 0 Å². The number of hydrogen-bond acceptors (Lipinski definition) is 3. The lowest BCUT2D eigenvalue weighted by molar-refractivity contribution is 0.451. The minimum Gasteiger partial charge on any atom is -0.372 e. The molecule has 3 rings (SSSR count). The fourth-order valence-corrected chi connectivity index (χ4v) is 3.46. The molecule has 15 heavy (non-hydrogen) atoms. The Balaban J connectivity index is 1.65. The molecule has 2 heterocycles. The van der Waals surface area contributed by atoms with E-state index in [2.05, 4.69) is 28.3 Å². The van der Waals surface area contributed by atoms with E-state index in [1.807, 2.05) is 11.3 Å². The van der Waals surface area contributed by atoms with Crippen LogP contribution in [0.3, 0.4) is 0 Å². The molecule has 0 saturated carbocycles. The standard InChI is InChI=1S/C12H16N2S/c1-2-12-10(3-4-15-12)5-9(1)6-11-7-13-8-14-11/h3-4,7,9,13-14H,1-2,5-6,8H2. The Morgan fingerprint density at radius 2 is 2.47 bits per heavy atom. The van der Waals surface area contributed by atoms with Gasteiger partial charge in [0.1, 0.15) is 0 Å². The van der Waals surface area contributed by atoms with Gasteiger partial charge in [0.25, 0.3) is 0 Å². The highest BCUT2D eigenvalue weighted by molar-refractivity contribution is 7.10. The van der Waals surface area contributed by atoms with Crippen molar-refractivity contribution in [1.29, 1.82) is 0 Å². The Morgan fingerprint density at radius 3 is 3.33 bits per heavy atom. The Kier molecular flexibility index (Phi) is 2.41. The maximum atomic E-state index is 3.37. The van der Waals surface area contributed by atoms with Crippen LogP contribution in [-0.2, 0) is 12.8 Å². The second-order valence-electron chi connectivity index (χ2n) is 4.41. The van der Waals surface area contributed by atoms with Crippen LogP contribution in [0.5, 0.6) is 0 Å². The predicted octanol–water partition coefficient (Wildman–Crippen LogP) is 2.23. The smallest absolute Gasteiger partial charge is 0.0843 e. The molecular weight excluding hydrogens is 204 g/mol. The van der Waals surface area contributed by atoms with Gasteiger partial charge in [-0.25, -0.2) is 0 Å². The molecule has 2 aliphatic rings. The number of fused-ring (bicyclic) bond motifs is 1. The number of hydrogen-bond donors (Lipinski definition) is 2. The summed E-state index contributed by atoms with van der Waals surface area (Å²) in [5.41, 5.74) is 2.99. The molecule has 2 nitrogen and oxygen atoms in total. The van der Waals surface area contributed by atoms with Crippen LogP contribution in [0.2, 0.25) is 0 Å². The van der Waals surface area contributed by atoms with Crippen molar-refractivity contribution in [2.75, 3.05) is 6.67 Å². The molecule has 1 aliphatic heterocycles. The van der Waals surface area contributed by atoms with E-state index in [-0.39, 0.29) is 0 Å². The second-order valence-corrected chi connectivity index (χ2v) is 5.41. The molecule has 80 valence electrons. The van der Waals surface area contributed by atoms with Crippen LogP contribution in [0.15, 0.2) is 23.3 Å². The van der Waals surface area contributed by atoms with Gasteiger partial charge in [0.05, 0.1) is 6.67 Å². The van der Waals surface area contributed by atoms with Crippen LogP contribution in [0.1, 0.15) is 23.3 Å². The molecule has 2 N–H and O–H groups in total. The van der Waals surface area contributed by atoms with Crippen LogP contribution >= 0.6 is 11.3 Å². The monoisotopic (exact) mass is 220 g/mol. The van der Waals surface area contributed by atoms with Gasteiger partial charge < -0.3 is 10.6 Å². The third kappa shape index (κ3) is 1.88. The molecule has 0 bridgehead atoms. The lowest BCUT2D eigenvalue weighted by Crippen LogP contribution is -2.18. The molecule has 1 atom stereocenters. The van der Waals surface area contributed by atoms with Crippen LogP contribution in [0.25, 0.3) is 0 Å². The zero-order chi connectivity index (χ0) is 10.1. The average molecular weight is 220 g/mol. The first-order chi connectivity index (χ1) is 7.42. The molecule has 0 aromatic carbocycles. The van der Waals surface area contributed by atoms with Crippen molar-refractivity contribution in [1.82, 2.24) is 10.6 Å². The van der Waals surface area contributed by atoms with Gasteiger partial charge in [0, 0.05) is 16.8 Å². The third-order valence-electron chi connectivity index (χ3n) is 3.33. The summed E-state index contributed by atoms with van der Waals surface area (Å²) < 4.78 is 0. The third-order valence-corrected chi connectivity index (χ3v) is 4.35. The van der Waals surface area contributed by atoms with Crippen molar-refractivity contribution in [2.24, 2.45) is 5.92 Å². The first-order valence-corrected chi connectivity index (χ1v) is 6.51. The van der Waals surface area contributed by atoms with E-state index in [1.54, 1.807) is 10.4 Å². The van der Waals surface area contributed by atoms with Crippen molar-refractivity contribution in [3.8, 4) is 0 Å². The van der Waals surface area contributed by atoms with Gasteiger partial charge >= 0.3 is 0 Å². The highest BCUT2D eigenvalue weighted by atomic mass is 32.1. The summed E-state index contributed by atoms with van der Waals surface area (Å²) in [4.78, 5) is 1.62. The predicted molar refractivity (Wildman–Crippen MR) is 63.7 cm³/mol. The van der Waals surface area contributed by atoms with Gasteiger partial charge in [-0.15, -0.1) is 11.3 Å². The summed E-state index contributed by atoms with van der Waals surface area (Å²) in [5, 5.41) is 8.82. The molecular formula is C12H16N2S. The lowest BCUT2D eigenvalue weighted by Gasteiger charge is -2.22. The van der Waals surface area contributed by atoms with Gasteiger partial charge in [-0.3, -0.25) is 0 Å². The van der Waals surface area contributed by atoms with Crippen LogP contribution in [0.4, 0.5) is 0 Å². The van der Waals surface area contributed by atoms with Gasteiger partial charge in [0.2, 0.25) is 0 Å². The molecule has 0 amide bonds. The highest BCUT2D eigenvalue weighted by Gasteiger charge is 2.20. The fraction of sp³-hybridized carbons (Fsp3) is 0.500. The molecule has 1 aliphatic carbocycles. The van der Waals surface area contributed by atoms with E-state index in [1.165, 1.54) is 31.4 Å². The number of nitrogens with one attached hydrogen (secondary N) is 2. The highest BCUT2D eigenvalue weighted by Crippen LogP contribution is 2.32. The largest absolute Gasteiger partial charge is 0.372 e. The quantitative estimate of drug-likeness (QED) is 0.798. The Bertz CT molecular complexity index is 381. The van der Waals surface area contributed by atoms with Crippen LogP contribution in [-0.4, -0.2) is 6.67 Å². The van der Waals surface area contributed by atoms with Crippen LogP contribution in [0, 0.1) is 5.92 Å². The van der Waals surface area contributed by atoms with Crippen molar-refractivity contribution in [2.45, 2.75) is 25.7 Å². The van der Waals surface area contributed by atoms with Crippen LogP contribution < -0.4 is 10.6 Å². The minimum absolute atomic E-state index is 0.839. The van der Waals surface area contributed by atoms with E-state index in [0.717, 1.165) is 12.6 Å². The number of thiophene rings is 1. The zero-order valence-electron chi connectivity index (χ0n) is 8.75. The van der Waals surface area contributed by atoms with E-state index < -0.39 is 0 Å². The van der Waals surface area contributed by atoms with Gasteiger partial charge in [-0.2, -0.15) is 0 Å². The first-order valence-electron chi connectivity index (χ1n) is 5.63. The van der Waals surface area contributed by atoms with Gasteiger partial charge in [-0.1, -0.05) is 0 Å². The molecule has 3 heteroatoms. The normalized spacial score (nSPS) is 24.0. The van der Waals surface area contributed by atoms with E-state index >= 15 is 0 Å². The first kappa shape index (κ1) is 9.28. The molecule has 1 unspecified atom stereocenters. The average Bonchev–Trinajstić information content (AvgIpc) is 2.87. The lowest BCUT2D eigenvalue weighted by atomic mass is 9.85. The zero-order valence-corrected chi connectivity index (χ0v) is 9.57. The SMILES string of the molecule is C1=C(CC2CCc3sccc3C2)NCN1. The van der Waals surface area contributed by atoms with E-state index in [4.69, 9.17) is 0 Å². The molecule has 1 aromatic rings. The Hall–Kier alpha value is -0.960. The van der Waals surface area contributed by atoms with Crippen molar-refractivity contribution >= 4 is 11.3 Å². The topological polar surface area (TPSA) is 24.1 Å². The molecule has 0 saturated heterocycles. The maximum absolute atomic E-state index is 3.37. The van der Waals surface area contributed by atoms with E-state index in [0.29, 0.717) is 0 Å². The molecule has 0 radical (unpaired) electrons. The molecule has 1 aromatic heterocycles. The summed E-state index contributed by atoms with van der Waals surface area (Å²) >= 11 is 1.93. The fourth-order valence-electron chi connectivity index (χ4n) is 2.52. The van der Waals surface area contributed by atoms with Crippen molar-refractivity contribution in [3.05, 3.63) is 33.8 Å². The second kappa shape index (κ2) is 3.89. The van der Waals surface area contributed by atoms with Gasteiger partial charge in [-0.05, 0) is 48.6 Å². The summed E-state index contributed by atoms with van der Waals surface area (Å²) in [7, 11) is 0. The maximum Gasteiger partial charge on any atom is 0.0843 e. The summed E-state index contributed by atoms with van der Waals surface area (Å²) in [6.45, 7) is 0.908. The van der Waals surface area contributed by atoms with Crippen molar-refractivity contribution in [3.63, 3.8) is 0 Å². The van der Waals surface area contributed by atoms with Gasteiger partial charge in [0.15, 0.2) is 0 Å². The number of allylic oxidation sites excluding steroid dienone is 1. The van der Waals surface area contributed by atoms with Crippen molar-refractivity contribution < 1.29 is 0 Å². The molecule has 0 spiro atoms. The minimum atomic E-state index is 0.839.